The van der Waals surface area contributed by atoms with Gasteiger partial charge in [-0.2, -0.15) is 0 Å². The average molecular weight is 229 g/mol. The first-order chi connectivity index (χ1) is 7.10. The molecule has 1 heterocycles. The van der Waals surface area contributed by atoms with Crippen molar-refractivity contribution in [2.45, 2.75) is 11.7 Å². The Bertz CT molecular complexity index is 304. The lowest BCUT2D eigenvalue weighted by atomic mass is 9.98. The van der Waals surface area contributed by atoms with Crippen LogP contribution in [0.4, 0.5) is 0 Å². The lowest BCUT2D eigenvalue weighted by Gasteiger charge is -2.19. The maximum Gasteiger partial charge on any atom is 0.229 e. The van der Waals surface area contributed by atoms with Gasteiger partial charge in [-0.25, -0.2) is 0 Å². The predicted molar refractivity (Wildman–Crippen MR) is 59.9 cm³/mol. The van der Waals surface area contributed by atoms with Gasteiger partial charge < -0.3 is 16.4 Å². The van der Waals surface area contributed by atoms with E-state index in [4.69, 9.17) is 5.73 Å². The van der Waals surface area contributed by atoms with Crippen LogP contribution in [-0.2, 0) is 9.59 Å². The van der Waals surface area contributed by atoms with Crippen LogP contribution < -0.4 is 16.4 Å². The van der Waals surface area contributed by atoms with E-state index in [0.717, 1.165) is 5.70 Å². The van der Waals surface area contributed by atoms with Crippen LogP contribution in [0.1, 0.15) is 6.42 Å². The zero-order valence-electron chi connectivity index (χ0n) is 8.74. The Balaban J connectivity index is 2.76. The highest BCUT2D eigenvalue weighted by Crippen LogP contribution is 2.36. The highest BCUT2D eigenvalue weighted by atomic mass is 32.2. The van der Waals surface area contributed by atoms with Crippen molar-refractivity contribution in [1.82, 2.24) is 10.6 Å². The molecule has 0 bridgehead atoms. The zero-order valence-corrected chi connectivity index (χ0v) is 9.56. The molecule has 0 aromatic carbocycles. The maximum absolute atomic E-state index is 11.6. The van der Waals surface area contributed by atoms with E-state index in [2.05, 4.69) is 10.6 Å². The summed E-state index contributed by atoms with van der Waals surface area (Å²) in [6.45, 7) is 0. The molecule has 1 rings (SSSR count). The van der Waals surface area contributed by atoms with Gasteiger partial charge in [0.1, 0.15) is 0 Å². The van der Waals surface area contributed by atoms with Crippen LogP contribution in [-0.4, -0.2) is 31.2 Å². The van der Waals surface area contributed by atoms with Crippen molar-refractivity contribution in [2.75, 3.05) is 14.1 Å². The molecule has 0 spiro atoms. The van der Waals surface area contributed by atoms with Gasteiger partial charge in [0.25, 0.3) is 0 Å². The molecule has 0 fully saturated rings. The van der Waals surface area contributed by atoms with E-state index in [1.54, 1.807) is 14.1 Å². The summed E-state index contributed by atoms with van der Waals surface area (Å²) in [4.78, 5) is 22.5. The average Bonchev–Trinajstić information content (AvgIpc) is 2.58. The monoisotopic (exact) mass is 229 g/mol. The number of carbonyl (C=O) groups excluding carboxylic acids is 2. The number of amides is 2. The summed E-state index contributed by atoms with van der Waals surface area (Å²) in [5.74, 6) is -0.781. The van der Waals surface area contributed by atoms with Gasteiger partial charge in [-0.05, 0) is 5.41 Å². The molecule has 2 atom stereocenters. The highest BCUT2D eigenvalue weighted by molar-refractivity contribution is 8.03. The topological polar surface area (TPSA) is 84.2 Å². The fraction of sp³-hybridized carbons (Fsp3) is 0.556. The first-order valence-corrected chi connectivity index (χ1v) is 5.57. The number of carbonyl (C=O) groups is 2. The molecule has 0 radical (unpaired) electrons. The van der Waals surface area contributed by atoms with E-state index in [-0.39, 0.29) is 29.4 Å². The normalized spacial score (nSPS) is 24.5. The number of nitrogens with one attached hydrogen (secondary N) is 2. The van der Waals surface area contributed by atoms with E-state index in [1.807, 2.05) is 5.41 Å². The molecule has 84 valence electrons. The SMILES string of the molecule is CNC(=O)C1C(NC)=CSC1CC(N)=O. The van der Waals surface area contributed by atoms with Crippen molar-refractivity contribution < 1.29 is 9.59 Å². The van der Waals surface area contributed by atoms with E-state index >= 15 is 0 Å². The Hall–Kier alpha value is -1.17. The first-order valence-electron chi connectivity index (χ1n) is 4.63. The fourth-order valence-corrected chi connectivity index (χ4v) is 2.83. The lowest BCUT2D eigenvalue weighted by Crippen LogP contribution is -2.37. The summed E-state index contributed by atoms with van der Waals surface area (Å²) in [5, 5.41) is 7.32. The van der Waals surface area contributed by atoms with Gasteiger partial charge in [-0.1, -0.05) is 0 Å². The second-order valence-corrected chi connectivity index (χ2v) is 4.37. The molecular formula is C9H15N3O2S. The van der Waals surface area contributed by atoms with Crippen molar-refractivity contribution in [3.8, 4) is 0 Å². The molecule has 0 aliphatic carbocycles. The van der Waals surface area contributed by atoms with Gasteiger partial charge in [0.05, 0.1) is 5.92 Å². The Kier molecular flexibility index (Phi) is 4.02. The van der Waals surface area contributed by atoms with Crippen LogP contribution in [0, 0.1) is 5.92 Å². The van der Waals surface area contributed by atoms with Crippen LogP contribution in [0.3, 0.4) is 0 Å². The van der Waals surface area contributed by atoms with Crippen LogP contribution in [0.5, 0.6) is 0 Å². The van der Waals surface area contributed by atoms with Gasteiger partial charge in [0.2, 0.25) is 11.8 Å². The largest absolute Gasteiger partial charge is 0.390 e. The Morgan fingerprint density at radius 3 is 2.67 bits per heavy atom. The Morgan fingerprint density at radius 2 is 2.20 bits per heavy atom. The fourth-order valence-electron chi connectivity index (χ4n) is 1.56. The third-order valence-corrected chi connectivity index (χ3v) is 3.47. The molecule has 1 aliphatic heterocycles. The van der Waals surface area contributed by atoms with Crippen LogP contribution in [0.2, 0.25) is 0 Å². The van der Waals surface area contributed by atoms with E-state index < -0.39 is 0 Å². The van der Waals surface area contributed by atoms with E-state index in [1.165, 1.54) is 11.8 Å². The van der Waals surface area contributed by atoms with Gasteiger partial charge >= 0.3 is 0 Å². The highest BCUT2D eigenvalue weighted by Gasteiger charge is 2.36. The molecule has 0 aromatic heterocycles. The summed E-state index contributed by atoms with van der Waals surface area (Å²) in [6.07, 6.45) is 0.213. The van der Waals surface area contributed by atoms with Crippen molar-refractivity contribution in [1.29, 1.82) is 0 Å². The number of hydrogen-bond donors (Lipinski definition) is 3. The number of rotatable bonds is 4. The smallest absolute Gasteiger partial charge is 0.229 e. The Labute approximate surface area is 92.8 Å². The quantitative estimate of drug-likeness (QED) is 0.601. The predicted octanol–water partition coefficient (Wildman–Crippen LogP) is -0.600. The van der Waals surface area contributed by atoms with Gasteiger partial charge in [0, 0.05) is 31.5 Å². The minimum Gasteiger partial charge on any atom is -0.390 e. The third kappa shape index (κ3) is 2.65. The van der Waals surface area contributed by atoms with Crippen molar-refractivity contribution in [3.63, 3.8) is 0 Å². The number of hydrogen-bond acceptors (Lipinski definition) is 4. The zero-order chi connectivity index (χ0) is 11.4. The van der Waals surface area contributed by atoms with Crippen LogP contribution in [0.15, 0.2) is 11.1 Å². The van der Waals surface area contributed by atoms with E-state index in [0.29, 0.717) is 0 Å². The molecule has 15 heavy (non-hydrogen) atoms. The molecule has 1 aliphatic rings. The summed E-state index contributed by atoms with van der Waals surface area (Å²) >= 11 is 1.47. The van der Waals surface area contributed by atoms with Crippen LogP contribution >= 0.6 is 11.8 Å². The molecule has 2 unspecified atom stereocenters. The molecule has 0 saturated heterocycles. The van der Waals surface area contributed by atoms with Crippen molar-refractivity contribution >= 4 is 23.6 Å². The third-order valence-electron chi connectivity index (χ3n) is 2.30. The molecule has 2 amide bonds. The second kappa shape index (κ2) is 5.06. The molecular weight excluding hydrogens is 214 g/mol. The number of thioether (sulfide) groups is 1. The molecule has 5 nitrogen and oxygen atoms in total. The van der Waals surface area contributed by atoms with Gasteiger partial charge in [0.15, 0.2) is 0 Å². The molecule has 6 heteroatoms. The minimum absolute atomic E-state index is 0.0909. The summed E-state index contributed by atoms with van der Waals surface area (Å²) in [5.41, 5.74) is 5.97. The first kappa shape index (κ1) is 11.9. The number of nitrogens with two attached hydrogens (primary N) is 1. The number of primary amides is 1. The minimum atomic E-state index is -0.382. The summed E-state index contributed by atoms with van der Waals surface area (Å²) < 4.78 is 0. The Morgan fingerprint density at radius 1 is 1.53 bits per heavy atom. The lowest BCUT2D eigenvalue weighted by molar-refractivity contribution is -0.123. The van der Waals surface area contributed by atoms with Crippen molar-refractivity contribution in [2.24, 2.45) is 11.7 Å². The summed E-state index contributed by atoms with van der Waals surface area (Å²) in [7, 11) is 3.34. The summed E-state index contributed by atoms with van der Waals surface area (Å²) in [6, 6.07) is 0. The molecule has 0 aromatic rings. The molecule has 0 saturated carbocycles. The second-order valence-electron chi connectivity index (χ2n) is 3.26. The standard InChI is InChI=1S/C9H15N3O2S/c1-11-5-4-15-6(3-7(10)13)8(5)9(14)12-2/h4,6,8,11H,3H2,1-2H3,(H2,10,13)(H,12,14). The van der Waals surface area contributed by atoms with Gasteiger partial charge in [-0.3, -0.25) is 9.59 Å². The van der Waals surface area contributed by atoms with E-state index in [9.17, 15) is 9.59 Å². The van der Waals surface area contributed by atoms with Crippen LogP contribution in [0.25, 0.3) is 0 Å². The molecule has 4 N–H and O–H groups in total. The maximum atomic E-state index is 11.6. The van der Waals surface area contributed by atoms with Crippen molar-refractivity contribution in [3.05, 3.63) is 11.1 Å². The van der Waals surface area contributed by atoms with Gasteiger partial charge in [-0.15, -0.1) is 11.8 Å².